The van der Waals surface area contributed by atoms with E-state index in [-0.39, 0.29) is 11.8 Å². The van der Waals surface area contributed by atoms with Crippen molar-refractivity contribution < 1.29 is 14.3 Å². The minimum atomic E-state index is -0.294. The van der Waals surface area contributed by atoms with Gasteiger partial charge in [0.05, 0.1) is 17.0 Å². The molecule has 2 amide bonds. The van der Waals surface area contributed by atoms with Gasteiger partial charge in [0.15, 0.2) is 0 Å². The maximum absolute atomic E-state index is 12.6. The van der Waals surface area contributed by atoms with Gasteiger partial charge in [-0.3, -0.25) is 9.59 Å². The van der Waals surface area contributed by atoms with Crippen molar-refractivity contribution in [3.05, 3.63) is 89.6 Å². The Balaban J connectivity index is 1.37. The van der Waals surface area contributed by atoms with Crippen LogP contribution in [-0.4, -0.2) is 45.2 Å². The molecular formula is C24H23N5O3. The molecule has 0 saturated heterocycles. The van der Waals surface area contributed by atoms with Gasteiger partial charge in [-0.1, -0.05) is 6.07 Å². The Hall–Kier alpha value is -4.20. The van der Waals surface area contributed by atoms with Crippen LogP contribution >= 0.6 is 0 Å². The molecule has 0 spiro atoms. The molecule has 0 radical (unpaired) electrons. The molecule has 0 atom stereocenters. The van der Waals surface area contributed by atoms with E-state index < -0.39 is 0 Å². The average molecular weight is 429 g/mol. The first-order chi connectivity index (χ1) is 15.4. The van der Waals surface area contributed by atoms with E-state index in [0.29, 0.717) is 35.0 Å². The topological polar surface area (TPSA) is 88.8 Å². The predicted molar refractivity (Wildman–Crippen MR) is 121 cm³/mol. The Morgan fingerprint density at radius 2 is 1.81 bits per heavy atom. The number of amides is 2. The first kappa shape index (κ1) is 21.0. The normalized spacial score (nSPS) is 10.7. The highest BCUT2D eigenvalue weighted by molar-refractivity contribution is 6.05. The van der Waals surface area contributed by atoms with E-state index in [1.165, 1.54) is 4.90 Å². The van der Waals surface area contributed by atoms with Crippen molar-refractivity contribution in [2.75, 3.05) is 19.4 Å². The minimum absolute atomic E-state index is 0.209. The summed E-state index contributed by atoms with van der Waals surface area (Å²) in [5.74, 6) is 0.168. The monoisotopic (exact) mass is 429 g/mol. The number of rotatable bonds is 6. The standard InChI is InChI=1S/C24H23N5O3/c1-16-20(11-12-21(25-16)24(31)28(2)3)23(30)27-17-7-9-19(10-8-17)32-15-18-14-29-13-5-4-6-22(29)26-18/h4-14H,15H2,1-3H3,(H,27,30). The van der Waals surface area contributed by atoms with E-state index in [9.17, 15) is 9.59 Å². The summed E-state index contributed by atoms with van der Waals surface area (Å²) in [6, 6.07) is 16.1. The maximum Gasteiger partial charge on any atom is 0.271 e. The number of anilines is 1. The van der Waals surface area contributed by atoms with Crippen LogP contribution in [0.25, 0.3) is 5.65 Å². The summed E-state index contributed by atoms with van der Waals surface area (Å²) in [7, 11) is 3.31. The van der Waals surface area contributed by atoms with Crippen molar-refractivity contribution in [2.24, 2.45) is 0 Å². The van der Waals surface area contributed by atoms with E-state index in [0.717, 1.165) is 11.3 Å². The number of imidazole rings is 1. The number of ether oxygens (including phenoxy) is 1. The first-order valence-electron chi connectivity index (χ1n) is 10.1. The number of aromatic nitrogens is 3. The Kier molecular flexibility index (Phi) is 5.85. The summed E-state index contributed by atoms with van der Waals surface area (Å²) >= 11 is 0. The van der Waals surface area contributed by atoms with E-state index in [1.54, 1.807) is 57.4 Å². The second-order valence-corrected chi connectivity index (χ2v) is 7.49. The van der Waals surface area contributed by atoms with Crippen LogP contribution in [0.1, 0.15) is 32.2 Å². The molecule has 4 aromatic rings. The third kappa shape index (κ3) is 4.59. The first-order valence-corrected chi connectivity index (χ1v) is 10.1. The lowest BCUT2D eigenvalue weighted by atomic mass is 10.1. The molecule has 3 heterocycles. The van der Waals surface area contributed by atoms with E-state index in [4.69, 9.17) is 4.74 Å². The Morgan fingerprint density at radius 3 is 2.50 bits per heavy atom. The van der Waals surface area contributed by atoms with Crippen molar-refractivity contribution >= 4 is 23.1 Å². The van der Waals surface area contributed by atoms with Crippen LogP contribution < -0.4 is 10.1 Å². The molecular weight excluding hydrogens is 406 g/mol. The average Bonchev–Trinajstić information content (AvgIpc) is 3.21. The number of fused-ring (bicyclic) bond motifs is 1. The lowest BCUT2D eigenvalue weighted by Crippen LogP contribution is -2.23. The van der Waals surface area contributed by atoms with Crippen molar-refractivity contribution in [3.63, 3.8) is 0 Å². The second-order valence-electron chi connectivity index (χ2n) is 7.49. The number of hydrogen-bond donors (Lipinski definition) is 1. The molecule has 32 heavy (non-hydrogen) atoms. The summed E-state index contributed by atoms with van der Waals surface area (Å²) in [5, 5.41) is 2.84. The summed E-state index contributed by atoms with van der Waals surface area (Å²) in [6.45, 7) is 2.05. The zero-order valence-electron chi connectivity index (χ0n) is 18.1. The predicted octanol–water partition coefficient (Wildman–Crippen LogP) is 3.57. The number of carbonyl (C=O) groups excluding carboxylic acids is 2. The number of carbonyl (C=O) groups is 2. The van der Waals surface area contributed by atoms with Gasteiger partial charge in [-0.15, -0.1) is 0 Å². The molecule has 1 N–H and O–H groups in total. The summed E-state index contributed by atoms with van der Waals surface area (Å²) < 4.78 is 7.75. The zero-order chi connectivity index (χ0) is 22.7. The molecule has 4 rings (SSSR count). The van der Waals surface area contributed by atoms with Crippen molar-refractivity contribution in [1.82, 2.24) is 19.3 Å². The number of nitrogens with one attached hydrogen (secondary N) is 1. The number of hydrogen-bond acceptors (Lipinski definition) is 5. The maximum atomic E-state index is 12.6. The third-order valence-electron chi connectivity index (χ3n) is 4.87. The molecule has 8 heteroatoms. The van der Waals surface area contributed by atoms with Gasteiger partial charge in [0.2, 0.25) is 0 Å². The molecule has 8 nitrogen and oxygen atoms in total. The Bertz CT molecular complexity index is 1250. The van der Waals surface area contributed by atoms with E-state index >= 15 is 0 Å². The van der Waals surface area contributed by atoms with E-state index in [1.807, 2.05) is 35.0 Å². The summed E-state index contributed by atoms with van der Waals surface area (Å²) in [5.41, 5.74) is 3.52. The minimum Gasteiger partial charge on any atom is -0.487 e. The Labute approximate surface area is 185 Å². The van der Waals surface area contributed by atoms with Crippen LogP contribution in [0.2, 0.25) is 0 Å². The van der Waals surface area contributed by atoms with Crippen LogP contribution in [0, 0.1) is 6.92 Å². The van der Waals surface area contributed by atoms with Gasteiger partial charge >= 0.3 is 0 Å². The summed E-state index contributed by atoms with van der Waals surface area (Å²) in [4.78, 5) is 34.9. The van der Waals surface area contributed by atoms with Crippen LogP contribution in [-0.2, 0) is 6.61 Å². The van der Waals surface area contributed by atoms with Gasteiger partial charge in [-0.2, -0.15) is 0 Å². The lowest BCUT2D eigenvalue weighted by molar-refractivity contribution is 0.0821. The fourth-order valence-corrected chi connectivity index (χ4v) is 3.20. The van der Waals surface area contributed by atoms with Gasteiger partial charge < -0.3 is 19.4 Å². The largest absolute Gasteiger partial charge is 0.487 e. The number of nitrogens with zero attached hydrogens (tertiary/aromatic N) is 4. The molecule has 0 fully saturated rings. The van der Waals surface area contributed by atoms with Crippen molar-refractivity contribution in [3.8, 4) is 5.75 Å². The molecule has 0 aliphatic rings. The highest BCUT2D eigenvalue weighted by atomic mass is 16.5. The number of benzene rings is 1. The highest BCUT2D eigenvalue weighted by Gasteiger charge is 2.15. The molecule has 0 bridgehead atoms. The second kappa shape index (κ2) is 8.89. The molecule has 0 aliphatic heterocycles. The van der Waals surface area contributed by atoms with Crippen LogP contribution in [0.15, 0.2) is 67.0 Å². The van der Waals surface area contributed by atoms with Crippen molar-refractivity contribution in [1.29, 1.82) is 0 Å². The van der Waals surface area contributed by atoms with Gasteiger partial charge in [0.1, 0.15) is 23.7 Å². The van der Waals surface area contributed by atoms with Gasteiger partial charge in [-0.05, 0) is 55.5 Å². The zero-order valence-corrected chi connectivity index (χ0v) is 18.1. The number of pyridine rings is 2. The van der Waals surface area contributed by atoms with Gasteiger partial charge in [-0.25, -0.2) is 9.97 Å². The molecule has 0 saturated carbocycles. The fourth-order valence-electron chi connectivity index (χ4n) is 3.20. The van der Waals surface area contributed by atoms with Crippen LogP contribution in [0.5, 0.6) is 5.75 Å². The third-order valence-corrected chi connectivity index (χ3v) is 4.87. The van der Waals surface area contributed by atoms with Crippen molar-refractivity contribution in [2.45, 2.75) is 13.5 Å². The quantitative estimate of drug-likeness (QED) is 0.506. The van der Waals surface area contributed by atoms with Crippen LogP contribution in [0.4, 0.5) is 5.69 Å². The SMILES string of the molecule is Cc1nc(C(=O)N(C)C)ccc1C(=O)Nc1ccc(OCc2cn3ccccc3n2)cc1. The molecule has 0 unspecified atom stereocenters. The van der Waals surface area contributed by atoms with Crippen LogP contribution in [0.3, 0.4) is 0 Å². The molecule has 3 aromatic heterocycles. The van der Waals surface area contributed by atoms with E-state index in [2.05, 4.69) is 15.3 Å². The summed E-state index contributed by atoms with van der Waals surface area (Å²) in [6.07, 6.45) is 3.87. The fraction of sp³-hybridized carbons (Fsp3) is 0.167. The molecule has 162 valence electrons. The highest BCUT2D eigenvalue weighted by Crippen LogP contribution is 2.19. The van der Waals surface area contributed by atoms with Gasteiger partial charge in [0, 0.05) is 32.2 Å². The smallest absolute Gasteiger partial charge is 0.271 e. The Morgan fingerprint density at radius 1 is 1.03 bits per heavy atom. The number of aryl methyl sites for hydroxylation is 1. The lowest BCUT2D eigenvalue weighted by Gasteiger charge is -2.12. The molecule has 1 aromatic carbocycles. The van der Waals surface area contributed by atoms with Gasteiger partial charge in [0.25, 0.3) is 11.8 Å². The molecule has 0 aliphatic carbocycles.